The van der Waals surface area contributed by atoms with E-state index in [4.69, 9.17) is 4.74 Å². The minimum atomic E-state index is 0. The van der Waals surface area contributed by atoms with Crippen LogP contribution >= 0.6 is 12.4 Å². The number of hydrogen-bond donors (Lipinski definition) is 1. The largest absolute Gasteiger partial charge is 0.379 e. The molecule has 0 fully saturated rings. The van der Waals surface area contributed by atoms with Gasteiger partial charge < -0.3 is 10.1 Å². The molecule has 0 saturated carbocycles. The summed E-state index contributed by atoms with van der Waals surface area (Å²) in [4.78, 5) is 0. The SMILES string of the molecule is CC(C)OCCCNCc1cccc2ccccc12.Cl. The van der Waals surface area contributed by atoms with Crippen LogP contribution in [0.25, 0.3) is 10.8 Å². The standard InChI is InChI=1S/C17H23NO.ClH/c1-14(2)19-12-6-11-18-13-16-9-5-8-15-7-3-4-10-17(15)16;/h3-5,7-10,14,18H,6,11-13H2,1-2H3;1H. The molecule has 0 bridgehead atoms. The van der Waals surface area contributed by atoms with Gasteiger partial charge in [0.05, 0.1) is 6.10 Å². The summed E-state index contributed by atoms with van der Waals surface area (Å²) in [5.74, 6) is 0. The van der Waals surface area contributed by atoms with Gasteiger partial charge in [0.2, 0.25) is 0 Å². The summed E-state index contributed by atoms with van der Waals surface area (Å²) >= 11 is 0. The monoisotopic (exact) mass is 293 g/mol. The Morgan fingerprint density at radius 1 is 1.05 bits per heavy atom. The number of fused-ring (bicyclic) bond motifs is 1. The zero-order chi connectivity index (χ0) is 13.5. The normalized spacial score (nSPS) is 10.8. The van der Waals surface area contributed by atoms with E-state index < -0.39 is 0 Å². The van der Waals surface area contributed by atoms with Crippen LogP contribution in [0.15, 0.2) is 42.5 Å². The average molecular weight is 294 g/mol. The predicted molar refractivity (Wildman–Crippen MR) is 88.6 cm³/mol. The molecule has 2 aromatic rings. The minimum absolute atomic E-state index is 0. The van der Waals surface area contributed by atoms with Crippen molar-refractivity contribution in [1.82, 2.24) is 5.32 Å². The third-order valence-corrected chi connectivity index (χ3v) is 3.14. The minimum Gasteiger partial charge on any atom is -0.379 e. The first-order valence-corrected chi connectivity index (χ1v) is 7.06. The summed E-state index contributed by atoms with van der Waals surface area (Å²) in [5.41, 5.74) is 1.36. The van der Waals surface area contributed by atoms with Crippen LogP contribution in [0.2, 0.25) is 0 Å². The van der Waals surface area contributed by atoms with Crippen molar-refractivity contribution in [3.05, 3.63) is 48.0 Å². The van der Waals surface area contributed by atoms with Gasteiger partial charge in [0.1, 0.15) is 0 Å². The number of hydrogen-bond acceptors (Lipinski definition) is 2. The van der Waals surface area contributed by atoms with Crippen LogP contribution in [0, 0.1) is 0 Å². The van der Waals surface area contributed by atoms with Gasteiger partial charge in [-0.15, -0.1) is 12.4 Å². The molecule has 0 unspecified atom stereocenters. The molecule has 0 amide bonds. The van der Waals surface area contributed by atoms with Gasteiger partial charge in [-0.3, -0.25) is 0 Å². The number of halogens is 1. The van der Waals surface area contributed by atoms with Crippen molar-refractivity contribution in [2.45, 2.75) is 32.9 Å². The highest BCUT2D eigenvalue weighted by molar-refractivity contribution is 5.85. The van der Waals surface area contributed by atoms with Gasteiger partial charge in [0, 0.05) is 13.2 Å². The molecule has 0 saturated heterocycles. The molecule has 20 heavy (non-hydrogen) atoms. The van der Waals surface area contributed by atoms with E-state index in [0.29, 0.717) is 6.10 Å². The number of benzene rings is 2. The van der Waals surface area contributed by atoms with Crippen molar-refractivity contribution in [3.63, 3.8) is 0 Å². The molecule has 0 atom stereocenters. The van der Waals surface area contributed by atoms with Crippen molar-refractivity contribution in [2.24, 2.45) is 0 Å². The fourth-order valence-corrected chi connectivity index (χ4v) is 2.19. The van der Waals surface area contributed by atoms with Gasteiger partial charge in [-0.2, -0.15) is 0 Å². The van der Waals surface area contributed by atoms with Gasteiger partial charge in [-0.25, -0.2) is 0 Å². The first kappa shape index (κ1) is 17.0. The topological polar surface area (TPSA) is 21.3 Å². The molecule has 1 N–H and O–H groups in total. The van der Waals surface area contributed by atoms with Crippen LogP contribution in [-0.2, 0) is 11.3 Å². The molecule has 0 aromatic heterocycles. The fourth-order valence-electron chi connectivity index (χ4n) is 2.19. The lowest BCUT2D eigenvalue weighted by Gasteiger charge is -2.09. The van der Waals surface area contributed by atoms with Crippen LogP contribution < -0.4 is 5.32 Å². The van der Waals surface area contributed by atoms with Crippen molar-refractivity contribution in [1.29, 1.82) is 0 Å². The third-order valence-electron chi connectivity index (χ3n) is 3.14. The Morgan fingerprint density at radius 3 is 2.60 bits per heavy atom. The molecule has 0 spiro atoms. The Balaban J connectivity index is 0.00000200. The molecule has 0 aliphatic rings. The molecule has 0 aliphatic heterocycles. The Bertz CT molecular complexity index is 508. The first-order chi connectivity index (χ1) is 9.27. The van der Waals surface area contributed by atoms with E-state index >= 15 is 0 Å². The lowest BCUT2D eigenvalue weighted by Crippen LogP contribution is -2.17. The molecule has 110 valence electrons. The second-order valence-corrected chi connectivity index (χ2v) is 5.09. The number of ether oxygens (including phenoxy) is 1. The first-order valence-electron chi connectivity index (χ1n) is 7.06. The van der Waals surface area contributed by atoms with Gasteiger partial charge in [0.25, 0.3) is 0 Å². The summed E-state index contributed by atoms with van der Waals surface area (Å²) in [6.45, 7) is 6.90. The maximum absolute atomic E-state index is 5.52. The smallest absolute Gasteiger partial charge is 0.0518 e. The van der Waals surface area contributed by atoms with E-state index in [1.54, 1.807) is 0 Å². The highest BCUT2D eigenvalue weighted by Crippen LogP contribution is 2.18. The highest BCUT2D eigenvalue weighted by Gasteiger charge is 1.99. The van der Waals surface area contributed by atoms with Crippen LogP contribution in [-0.4, -0.2) is 19.3 Å². The third kappa shape index (κ3) is 5.12. The van der Waals surface area contributed by atoms with Crippen molar-refractivity contribution < 1.29 is 4.74 Å². The predicted octanol–water partition coefficient (Wildman–Crippen LogP) is 4.17. The maximum atomic E-state index is 5.52. The molecule has 2 aromatic carbocycles. The van der Waals surface area contributed by atoms with E-state index in [9.17, 15) is 0 Å². The van der Waals surface area contributed by atoms with Crippen molar-refractivity contribution in [3.8, 4) is 0 Å². The van der Waals surface area contributed by atoms with E-state index in [0.717, 1.165) is 26.1 Å². The van der Waals surface area contributed by atoms with Gasteiger partial charge >= 0.3 is 0 Å². The fraction of sp³-hybridized carbons (Fsp3) is 0.412. The summed E-state index contributed by atoms with van der Waals surface area (Å²) in [6, 6.07) is 15.0. The molecule has 2 rings (SSSR count). The van der Waals surface area contributed by atoms with Gasteiger partial charge in [-0.1, -0.05) is 42.5 Å². The second-order valence-electron chi connectivity index (χ2n) is 5.09. The molecule has 0 radical (unpaired) electrons. The summed E-state index contributed by atoms with van der Waals surface area (Å²) < 4.78 is 5.52. The second kappa shape index (κ2) is 8.96. The zero-order valence-electron chi connectivity index (χ0n) is 12.3. The van der Waals surface area contributed by atoms with Crippen molar-refractivity contribution >= 4 is 23.2 Å². The summed E-state index contributed by atoms with van der Waals surface area (Å²) in [6.07, 6.45) is 1.39. The Morgan fingerprint density at radius 2 is 1.80 bits per heavy atom. The summed E-state index contributed by atoms with van der Waals surface area (Å²) in [5, 5.41) is 6.14. The molecule has 3 heteroatoms. The maximum Gasteiger partial charge on any atom is 0.0518 e. The molecule has 0 heterocycles. The van der Waals surface area contributed by atoms with Crippen LogP contribution in [0.5, 0.6) is 0 Å². The number of rotatable bonds is 7. The molecular formula is C17H24ClNO. The van der Waals surface area contributed by atoms with Gasteiger partial charge in [0.15, 0.2) is 0 Å². The molecule has 0 aliphatic carbocycles. The van der Waals surface area contributed by atoms with Crippen LogP contribution in [0.1, 0.15) is 25.8 Å². The Kier molecular flexibility index (Phi) is 7.60. The van der Waals surface area contributed by atoms with Crippen molar-refractivity contribution in [2.75, 3.05) is 13.2 Å². The Hall–Kier alpha value is -1.09. The quantitative estimate of drug-likeness (QED) is 0.774. The number of nitrogens with one attached hydrogen (secondary N) is 1. The lowest BCUT2D eigenvalue weighted by molar-refractivity contribution is 0.0770. The van der Waals surface area contributed by atoms with Crippen LogP contribution in [0.3, 0.4) is 0 Å². The summed E-state index contributed by atoms with van der Waals surface area (Å²) in [7, 11) is 0. The molecule has 2 nitrogen and oxygen atoms in total. The zero-order valence-corrected chi connectivity index (χ0v) is 13.1. The Labute approximate surface area is 127 Å². The van der Waals surface area contributed by atoms with Crippen LogP contribution in [0.4, 0.5) is 0 Å². The van der Waals surface area contributed by atoms with E-state index in [2.05, 4.69) is 61.6 Å². The average Bonchev–Trinajstić information content (AvgIpc) is 2.42. The highest BCUT2D eigenvalue weighted by atomic mass is 35.5. The van der Waals surface area contributed by atoms with E-state index in [1.165, 1.54) is 16.3 Å². The molecular weight excluding hydrogens is 270 g/mol. The van der Waals surface area contributed by atoms with E-state index in [-0.39, 0.29) is 12.4 Å². The van der Waals surface area contributed by atoms with E-state index in [1.807, 2.05) is 0 Å². The lowest BCUT2D eigenvalue weighted by atomic mass is 10.0. The van der Waals surface area contributed by atoms with Gasteiger partial charge in [-0.05, 0) is 43.1 Å².